The Hall–Kier alpha value is -3.54. The fraction of sp³-hybridized carbons (Fsp3) is 0.405. The predicted octanol–water partition coefficient (Wildman–Crippen LogP) is 7.48. The molecular formula is C37H44N4O. The van der Waals surface area contributed by atoms with E-state index in [0.717, 1.165) is 58.5 Å². The van der Waals surface area contributed by atoms with Gasteiger partial charge in [-0.3, -0.25) is 9.69 Å². The van der Waals surface area contributed by atoms with E-state index in [9.17, 15) is 4.79 Å². The zero-order valence-electron chi connectivity index (χ0n) is 25.1. The van der Waals surface area contributed by atoms with Gasteiger partial charge in [0, 0.05) is 29.1 Å². The van der Waals surface area contributed by atoms with Gasteiger partial charge in [0.2, 0.25) is 0 Å². The fourth-order valence-electron chi connectivity index (χ4n) is 6.96. The second kappa shape index (κ2) is 13.2. The highest BCUT2D eigenvalue weighted by molar-refractivity contribution is 6.09. The van der Waals surface area contributed by atoms with E-state index >= 15 is 0 Å². The summed E-state index contributed by atoms with van der Waals surface area (Å²) in [5, 5.41) is 4.38. The van der Waals surface area contributed by atoms with E-state index in [0.29, 0.717) is 6.04 Å². The number of hydrogen-bond donors (Lipinski definition) is 1. The van der Waals surface area contributed by atoms with Gasteiger partial charge in [0.05, 0.1) is 22.8 Å². The van der Waals surface area contributed by atoms with Gasteiger partial charge in [-0.25, -0.2) is 4.98 Å². The van der Waals surface area contributed by atoms with Crippen molar-refractivity contribution in [2.45, 2.75) is 64.6 Å². The lowest BCUT2D eigenvalue weighted by Gasteiger charge is -2.40. The third-order valence-corrected chi connectivity index (χ3v) is 9.23. The number of piperidine rings is 2. The molecule has 0 aliphatic carbocycles. The fourth-order valence-corrected chi connectivity index (χ4v) is 6.96. The molecule has 0 radical (unpaired) electrons. The van der Waals surface area contributed by atoms with Crippen molar-refractivity contribution >= 4 is 16.8 Å². The summed E-state index contributed by atoms with van der Waals surface area (Å²) in [6, 6.07) is 29.5. The van der Waals surface area contributed by atoms with Crippen molar-refractivity contribution in [1.82, 2.24) is 20.1 Å². The summed E-state index contributed by atoms with van der Waals surface area (Å²) in [4.78, 5) is 25.0. The Morgan fingerprint density at radius 2 is 1.48 bits per heavy atom. The van der Waals surface area contributed by atoms with Gasteiger partial charge in [-0.05, 0) is 69.4 Å². The van der Waals surface area contributed by atoms with Crippen molar-refractivity contribution in [3.8, 4) is 11.3 Å². The highest BCUT2D eigenvalue weighted by atomic mass is 16.1. The molecule has 2 saturated heterocycles. The maximum atomic E-state index is 14.5. The molecule has 0 bridgehead atoms. The van der Waals surface area contributed by atoms with Gasteiger partial charge in [-0.1, -0.05) is 99.1 Å². The van der Waals surface area contributed by atoms with Crippen molar-refractivity contribution in [2.24, 2.45) is 5.92 Å². The molecule has 0 unspecified atom stereocenters. The van der Waals surface area contributed by atoms with Gasteiger partial charge >= 0.3 is 0 Å². The molecule has 218 valence electrons. The molecule has 1 N–H and O–H groups in total. The molecule has 3 aromatic carbocycles. The smallest absolute Gasteiger partial charge is 0.252 e. The summed E-state index contributed by atoms with van der Waals surface area (Å²) in [7, 11) is 0. The van der Waals surface area contributed by atoms with Crippen LogP contribution in [-0.2, 0) is 6.54 Å². The molecule has 2 aliphatic heterocycles. The predicted molar refractivity (Wildman–Crippen MR) is 172 cm³/mol. The standard InChI is InChI=1S/C37H44N4O/c1-27(2)35(28-14-6-3-7-15-28)39-37(42)34-31-18-10-11-19-33(31)38-36(29-16-8-4-9-17-29)32(34)26-40-24-20-30(21-25-40)41-22-12-5-13-23-41/h3-4,6-11,14-19,27,30,35H,5,12-13,20-26H2,1-2H3,(H,39,42)/t35-/m0/s1. The Kier molecular flexibility index (Phi) is 8.97. The van der Waals surface area contributed by atoms with Crippen LogP contribution in [0.1, 0.15) is 73.5 Å². The Morgan fingerprint density at radius 3 is 2.17 bits per heavy atom. The Bertz CT molecular complexity index is 1470. The summed E-state index contributed by atoms with van der Waals surface area (Å²) in [6.07, 6.45) is 6.42. The van der Waals surface area contributed by atoms with Gasteiger partial charge in [-0.2, -0.15) is 0 Å². The van der Waals surface area contributed by atoms with Crippen molar-refractivity contribution in [3.05, 3.63) is 102 Å². The number of pyridine rings is 1. The first-order valence-electron chi connectivity index (χ1n) is 15.9. The van der Waals surface area contributed by atoms with Gasteiger partial charge in [0.25, 0.3) is 5.91 Å². The van der Waals surface area contributed by atoms with Crippen LogP contribution in [0.4, 0.5) is 0 Å². The number of carbonyl (C=O) groups excluding carboxylic acids is 1. The van der Waals surface area contributed by atoms with E-state index < -0.39 is 0 Å². The number of amides is 1. The van der Waals surface area contributed by atoms with Crippen LogP contribution in [0.2, 0.25) is 0 Å². The average molecular weight is 561 g/mol. The third-order valence-electron chi connectivity index (χ3n) is 9.23. The highest BCUT2D eigenvalue weighted by Gasteiger charge is 2.29. The normalized spacial score (nSPS) is 17.9. The maximum absolute atomic E-state index is 14.5. The molecular weight excluding hydrogens is 516 g/mol. The number of para-hydroxylation sites is 1. The van der Waals surface area contributed by atoms with Crippen LogP contribution in [0, 0.1) is 5.92 Å². The Labute approximate surface area is 251 Å². The molecule has 0 saturated carbocycles. The zero-order valence-corrected chi connectivity index (χ0v) is 25.1. The molecule has 2 aliphatic rings. The largest absolute Gasteiger partial charge is 0.345 e. The molecule has 5 nitrogen and oxygen atoms in total. The Balaban J connectivity index is 1.38. The number of benzene rings is 3. The van der Waals surface area contributed by atoms with E-state index in [2.05, 4.69) is 71.4 Å². The second-order valence-corrected chi connectivity index (χ2v) is 12.4. The van der Waals surface area contributed by atoms with Crippen LogP contribution in [-0.4, -0.2) is 52.9 Å². The van der Waals surface area contributed by atoms with Gasteiger partial charge in [0.15, 0.2) is 0 Å². The molecule has 1 aromatic heterocycles. The van der Waals surface area contributed by atoms with Gasteiger partial charge < -0.3 is 10.2 Å². The van der Waals surface area contributed by atoms with E-state index in [4.69, 9.17) is 4.98 Å². The molecule has 6 rings (SSSR count). The summed E-state index contributed by atoms with van der Waals surface area (Å²) < 4.78 is 0. The Morgan fingerprint density at radius 1 is 0.833 bits per heavy atom. The minimum atomic E-state index is -0.0843. The van der Waals surface area contributed by atoms with Crippen molar-refractivity contribution in [2.75, 3.05) is 26.2 Å². The summed E-state index contributed by atoms with van der Waals surface area (Å²) in [5.41, 5.74) is 5.75. The lowest BCUT2D eigenvalue weighted by atomic mass is 9.92. The molecule has 0 spiro atoms. The maximum Gasteiger partial charge on any atom is 0.252 e. The molecule has 42 heavy (non-hydrogen) atoms. The van der Waals surface area contributed by atoms with E-state index in [1.807, 2.05) is 42.5 Å². The third kappa shape index (κ3) is 6.28. The average Bonchev–Trinajstić information content (AvgIpc) is 3.04. The van der Waals surface area contributed by atoms with Crippen LogP contribution < -0.4 is 5.32 Å². The van der Waals surface area contributed by atoms with Crippen LogP contribution >= 0.6 is 0 Å². The summed E-state index contributed by atoms with van der Waals surface area (Å²) in [6.45, 7) is 9.65. The number of aromatic nitrogens is 1. The first kappa shape index (κ1) is 28.6. The molecule has 1 atom stereocenters. The summed E-state index contributed by atoms with van der Waals surface area (Å²) >= 11 is 0. The topological polar surface area (TPSA) is 48.5 Å². The number of fused-ring (bicyclic) bond motifs is 1. The molecule has 1 amide bonds. The SMILES string of the molecule is CC(C)[C@H](NC(=O)c1c(CN2CCC(N3CCCCC3)CC2)c(-c2ccccc2)nc2ccccc12)c1ccccc1. The van der Waals surface area contributed by atoms with Gasteiger partial charge in [0.1, 0.15) is 0 Å². The molecule has 4 aromatic rings. The number of carbonyl (C=O) groups is 1. The number of likely N-dealkylation sites (tertiary alicyclic amines) is 2. The quantitative estimate of drug-likeness (QED) is 0.243. The van der Waals surface area contributed by atoms with E-state index in [-0.39, 0.29) is 17.9 Å². The molecule has 5 heteroatoms. The molecule has 2 fully saturated rings. The molecule has 3 heterocycles. The first-order valence-corrected chi connectivity index (χ1v) is 15.9. The zero-order chi connectivity index (χ0) is 28.9. The highest BCUT2D eigenvalue weighted by Crippen LogP contribution is 2.33. The second-order valence-electron chi connectivity index (χ2n) is 12.4. The van der Waals surface area contributed by atoms with Crippen LogP contribution in [0.15, 0.2) is 84.9 Å². The van der Waals surface area contributed by atoms with Gasteiger partial charge in [-0.15, -0.1) is 0 Å². The number of rotatable bonds is 8. The van der Waals surface area contributed by atoms with Crippen molar-refractivity contribution in [3.63, 3.8) is 0 Å². The van der Waals surface area contributed by atoms with Crippen molar-refractivity contribution < 1.29 is 4.79 Å². The number of nitrogens with one attached hydrogen (secondary N) is 1. The number of nitrogens with zero attached hydrogens (tertiary/aromatic N) is 3. The lowest BCUT2D eigenvalue weighted by molar-refractivity contribution is 0.0880. The minimum Gasteiger partial charge on any atom is -0.345 e. The van der Waals surface area contributed by atoms with E-state index in [1.165, 1.54) is 45.2 Å². The minimum absolute atomic E-state index is 0.0217. The summed E-state index contributed by atoms with van der Waals surface area (Å²) in [5.74, 6) is 0.224. The van der Waals surface area contributed by atoms with Crippen LogP contribution in [0.5, 0.6) is 0 Å². The number of hydrogen-bond acceptors (Lipinski definition) is 4. The van der Waals surface area contributed by atoms with Crippen LogP contribution in [0.25, 0.3) is 22.2 Å². The van der Waals surface area contributed by atoms with E-state index in [1.54, 1.807) is 0 Å². The van der Waals surface area contributed by atoms with Crippen molar-refractivity contribution in [1.29, 1.82) is 0 Å². The monoisotopic (exact) mass is 560 g/mol. The van der Waals surface area contributed by atoms with Crippen LogP contribution in [0.3, 0.4) is 0 Å². The first-order chi connectivity index (χ1) is 20.6. The lowest BCUT2D eigenvalue weighted by Crippen LogP contribution is -2.46.